The van der Waals surface area contributed by atoms with E-state index in [2.05, 4.69) is 51.3 Å². The lowest BCUT2D eigenvalue weighted by Gasteiger charge is -2.31. The molecule has 0 amide bonds. The highest BCUT2D eigenvalue weighted by molar-refractivity contribution is 5.39. The molecule has 0 spiro atoms. The quantitative estimate of drug-likeness (QED) is 0.709. The first-order valence-corrected chi connectivity index (χ1v) is 9.03. The van der Waals surface area contributed by atoms with Gasteiger partial charge in [0.05, 0.1) is 11.9 Å². The van der Waals surface area contributed by atoms with E-state index in [4.69, 9.17) is 4.74 Å². The Balaban J connectivity index is 1.32. The first-order chi connectivity index (χ1) is 12.8. The van der Waals surface area contributed by atoms with Crippen LogP contribution in [0.1, 0.15) is 24.0 Å². The molecule has 1 aliphatic rings. The Hall–Kier alpha value is -2.73. The summed E-state index contributed by atoms with van der Waals surface area (Å²) in [5.41, 5.74) is 3.59. The minimum absolute atomic E-state index is 0.198. The number of piperidine rings is 1. The molecule has 1 saturated heterocycles. The van der Waals surface area contributed by atoms with E-state index in [-0.39, 0.29) is 6.10 Å². The lowest BCUT2D eigenvalue weighted by molar-refractivity contribution is 0.0892. The van der Waals surface area contributed by atoms with Crippen LogP contribution in [0.2, 0.25) is 0 Å². The van der Waals surface area contributed by atoms with Crippen LogP contribution in [0.25, 0.3) is 5.69 Å². The fraction of sp³-hybridized carbons (Fsp3) is 0.350. The van der Waals surface area contributed by atoms with Crippen LogP contribution >= 0.6 is 0 Å². The number of ether oxygens (including phenoxy) is 1. The molecule has 3 aromatic rings. The third-order valence-electron chi connectivity index (χ3n) is 4.75. The number of aromatic nitrogens is 4. The summed E-state index contributed by atoms with van der Waals surface area (Å²) in [6, 6.07) is 10.6. The van der Waals surface area contributed by atoms with Gasteiger partial charge in [-0.25, -0.2) is 14.6 Å². The van der Waals surface area contributed by atoms with Crippen molar-refractivity contribution in [1.29, 1.82) is 0 Å². The number of hydrogen-bond donors (Lipinski definition) is 0. The third-order valence-corrected chi connectivity index (χ3v) is 4.75. The van der Waals surface area contributed by atoms with Gasteiger partial charge in [-0.15, -0.1) is 0 Å². The summed E-state index contributed by atoms with van der Waals surface area (Å²) in [5, 5.41) is 4.53. The van der Waals surface area contributed by atoms with Crippen LogP contribution < -0.4 is 4.74 Å². The summed E-state index contributed by atoms with van der Waals surface area (Å²) in [6.07, 6.45) is 9.69. The van der Waals surface area contributed by atoms with Crippen LogP contribution in [0.5, 0.6) is 6.01 Å². The molecule has 3 heterocycles. The monoisotopic (exact) mass is 349 g/mol. The molecule has 2 aromatic heterocycles. The molecule has 0 saturated carbocycles. The average molecular weight is 349 g/mol. The van der Waals surface area contributed by atoms with Crippen molar-refractivity contribution < 1.29 is 4.74 Å². The van der Waals surface area contributed by atoms with E-state index in [1.165, 1.54) is 11.1 Å². The zero-order valence-electron chi connectivity index (χ0n) is 15.0. The van der Waals surface area contributed by atoms with Crippen LogP contribution in [0, 0.1) is 6.92 Å². The second kappa shape index (κ2) is 7.66. The highest BCUT2D eigenvalue weighted by Gasteiger charge is 2.21. The van der Waals surface area contributed by atoms with E-state index in [1.54, 1.807) is 18.5 Å². The molecule has 0 radical (unpaired) electrons. The van der Waals surface area contributed by atoms with Crippen molar-refractivity contribution in [2.75, 3.05) is 13.1 Å². The Labute approximate surface area is 153 Å². The van der Waals surface area contributed by atoms with Crippen molar-refractivity contribution in [3.05, 3.63) is 66.2 Å². The van der Waals surface area contributed by atoms with Gasteiger partial charge >= 0.3 is 6.01 Å². The molecule has 4 rings (SSSR count). The van der Waals surface area contributed by atoms with Crippen LogP contribution in [-0.4, -0.2) is 43.8 Å². The van der Waals surface area contributed by atoms with Crippen LogP contribution in [0.3, 0.4) is 0 Å². The average Bonchev–Trinajstić information content (AvgIpc) is 3.13. The standard InChI is InChI=1S/C20H23N5O/c1-16-5-2-3-6-19(16)25-15-17(13-23-25)14-24-11-7-18(8-12-24)26-20-21-9-4-10-22-20/h2-6,9-10,13,15,18H,7-8,11-12,14H2,1H3. The van der Waals surface area contributed by atoms with Gasteiger partial charge in [0.2, 0.25) is 0 Å². The molecule has 1 aliphatic heterocycles. The zero-order valence-corrected chi connectivity index (χ0v) is 15.0. The molecule has 0 aliphatic carbocycles. The Morgan fingerprint density at radius 1 is 1.08 bits per heavy atom. The third kappa shape index (κ3) is 3.91. The molecule has 0 bridgehead atoms. The smallest absolute Gasteiger partial charge is 0.316 e. The van der Waals surface area contributed by atoms with Crippen molar-refractivity contribution in [3.8, 4) is 11.7 Å². The van der Waals surface area contributed by atoms with Crippen molar-refractivity contribution in [2.24, 2.45) is 0 Å². The van der Waals surface area contributed by atoms with Crippen molar-refractivity contribution in [2.45, 2.75) is 32.4 Å². The fourth-order valence-corrected chi connectivity index (χ4v) is 3.33. The van der Waals surface area contributed by atoms with Gasteiger partial charge in [0, 0.05) is 43.8 Å². The number of hydrogen-bond acceptors (Lipinski definition) is 5. The zero-order chi connectivity index (χ0) is 17.8. The van der Waals surface area contributed by atoms with Gasteiger partial charge in [-0.2, -0.15) is 5.10 Å². The molecular formula is C20H23N5O. The van der Waals surface area contributed by atoms with E-state index in [9.17, 15) is 0 Å². The van der Waals surface area contributed by atoms with Crippen molar-refractivity contribution in [3.63, 3.8) is 0 Å². The Bertz CT molecular complexity index is 840. The van der Waals surface area contributed by atoms with E-state index in [0.29, 0.717) is 6.01 Å². The predicted molar refractivity (Wildman–Crippen MR) is 99.3 cm³/mol. The van der Waals surface area contributed by atoms with Gasteiger partial charge in [0.25, 0.3) is 0 Å². The summed E-state index contributed by atoms with van der Waals surface area (Å²) in [5.74, 6) is 0. The maximum Gasteiger partial charge on any atom is 0.316 e. The van der Waals surface area contributed by atoms with Gasteiger partial charge in [0.1, 0.15) is 6.10 Å². The summed E-state index contributed by atoms with van der Waals surface area (Å²) >= 11 is 0. The first-order valence-electron chi connectivity index (χ1n) is 9.03. The van der Waals surface area contributed by atoms with E-state index >= 15 is 0 Å². The Morgan fingerprint density at radius 2 is 1.85 bits per heavy atom. The molecule has 6 heteroatoms. The van der Waals surface area contributed by atoms with Gasteiger partial charge in [0.15, 0.2) is 0 Å². The minimum atomic E-state index is 0.198. The molecule has 6 nitrogen and oxygen atoms in total. The van der Waals surface area contributed by atoms with E-state index in [1.807, 2.05) is 16.9 Å². The summed E-state index contributed by atoms with van der Waals surface area (Å²) < 4.78 is 7.83. The molecule has 134 valence electrons. The first kappa shape index (κ1) is 16.7. The molecule has 0 unspecified atom stereocenters. The molecule has 1 fully saturated rings. The van der Waals surface area contributed by atoms with Gasteiger partial charge < -0.3 is 4.74 Å². The highest BCUT2D eigenvalue weighted by Crippen LogP contribution is 2.18. The number of benzene rings is 1. The Morgan fingerprint density at radius 3 is 2.62 bits per heavy atom. The SMILES string of the molecule is Cc1ccccc1-n1cc(CN2CCC(Oc3ncccn3)CC2)cn1. The summed E-state index contributed by atoms with van der Waals surface area (Å²) in [6.45, 7) is 5.04. The maximum absolute atomic E-state index is 5.86. The highest BCUT2D eigenvalue weighted by atomic mass is 16.5. The number of para-hydroxylation sites is 1. The predicted octanol–water partition coefficient (Wildman–Crippen LogP) is 3.01. The fourth-order valence-electron chi connectivity index (χ4n) is 3.33. The lowest BCUT2D eigenvalue weighted by Crippen LogP contribution is -2.37. The molecule has 0 N–H and O–H groups in total. The molecule has 26 heavy (non-hydrogen) atoms. The Kier molecular flexibility index (Phi) is 4.93. The van der Waals surface area contributed by atoms with Crippen molar-refractivity contribution >= 4 is 0 Å². The largest absolute Gasteiger partial charge is 0.460 e. The van der Waals surface area contributed by atoms with Crippen LogP contribution in [0.4, 0.5) is 0 Å². The molecular weight excluding hydrogens is 326 g/mol. The van der Waals surface area contributed by atoms with Crippen LogP contribution in [-0.2, 0) is 6.54 Å². The van der Waals surface area contributed by atoms with E-state index in [0.717, 1.165) is 38.2 Å². The van der Waals surface area contributed by atoms with E-state index < -0.39 is 0 Å². The number of rotatable bonds is 5. The molecule has 0 atom stereocenters. The number of aryl methyl sites for hydroxylation is 1. The van der Waals surface area contributed by atoms with Crippen molar-refractivity contribution in [1.82, 2.24) is 24.6 Å². The van der Waals surface area contributed by atoms with Gasteiger partial charge in [-0.1, -0.05) is 18.2 Å². The molecule has 1 aromatic carbocycles. The lowest BCUT2D eigenvalue weighted by atomic mass is 10.1. The summed E-state index contributed by atoms with van der Waals surface area (Å²) in [4.78, 5) is 10.7. The number of nitrogens with zero attached hydrogens (tertiary/aromatic N) is 5. The maximum atomic E-state index is 5.86. The summed E-state index contributed by atoms with van der Waals surface area (Å²) in [7, 11) is 0. The minimum Gasteiger partial charge on any atom is -0.460 e. The van der Waals surface area contributed by atoms with Crippen LogP contribution in [0.15, 0.2) is 55.1 Å². The van der Waals surface area contributed by atoms with Gasteiger partial charge in [-0.3, -0.25) is 4.90 Å². The second-order valence-electron chi connectivity index (χ2n) is 6.70. The normalized spacial score (nSPS) is 15.9. The van der Waals surface area contributed by atoms with Gasteiger partial charge in [-0.05, 0) is 37.5 Å². The topological polar surface area (TPSA) is 56.1 Å². The second-order valence-corrected chi connectivity index (χ2v) is 6.70. The number of likely N-dealkylation sites (tertiary alicyclic amines) is 1.